The first-order chi connectivity index (χ1) is 17.4. The lowest BCUT2D eigenvalue weighted by molar-refractivity contribution is -0.143. The zero-order valence-electron chi connectivity index (χ0n) is 23.5. The molecule has 0 saturated heterocycles. The lowest BCUT2D eigenvalue weighted by atomic mass is 9.97. The summed E-state index contributed by atoms with van der Waals surface area (Å²) in [6, 6.07) is -5.46. The number of carboxylic acid groups (broad SMARTS) is 2. The lowest BCUT2D eigenvalue weighted by Gasteiger charge is -2.30. The van der Waals surface area contributed by atoms with Gasteiger partial charge < -0.3 is 37.2 Å². The standard InChI is InChI=1S/C25H45N5O8/c1-11(2)17(26)21(33)28-19(13(5)6)23(35)30-20(14(7)8)24(36)29-18(12(3)4)22(34)27-15(25(37)38)9-10-16(31)32/h11-15,17-20H,9-10,26H2,1-8H3,(H,27,34)(H,28,33)(H,29,36)(H,30,35)(H,31,32)(H,37,38). The Bertz CT molecular complexity index is 859. The van der Waals surface area contributed by atoms with Crippen LogP contribution in [-0.4, -0.2) is 76.0 Å². The van der Waals surface area contributed by atoms with Crippen molar-refractivity contribution in [3.8, 4) is 0 Å². The van der Waals surface area contributed by atoms with Gasteiger partial charge in [-0.2, -0.15) is 0 Å². The predicted octanol–water partition coefficient (Wildman–Crippen LogP) is -0.174. The summed E-state index contributed by atoms with van der Waals surface area (Å²) in [6.45, 7) is 13.7. The Morgan fingerprint density at radius 1 is 0.579 bits per heavy atom. The molecule has 13 nitrogen and oxygen atoms in total. The molecule has 0 fully saturated rings. The summed E-state index contributed by atoms with van der Waals surface area (Å²) in [4.78, 5) is 73.9. The Balaban J connectivity index is 5.64. The van der Waals surface area contributed by atoms with Crippen molar-refractivity contribution in [1.29, 1.82) is 0 Å². The minimum Gasteiger partial charge on any atom is -0.481 e. The predicted molar refractivity (Wildman–Crippen MR) is 140 cm³/mol. The third-order valence-corrected chi connectivity index (χ3v) is 6.02. The van der Waals surface area contributed by atoms with Crippen LogP contribution in [0.25, 0.3) is 0 Å². The molecule has 0 aliphatic carbocycles. The number of nitrogens with two attached hydrogens (primary N) is 1. The van der Waals surface area contributed by atoms with Crippen LogP contribution in [0.15, 0.2) is 0 Å². The molecule has 218 valence electrons. The molecule has 5 unspecified atom stereocenters. The average Bonchev–Trinajstić information content (AvgIpc) is 2.79. The second-order valence-electron chi connectivity index (χ2n) is 10.8. The minimum atomic E-state index is -1.45. The molecule has 4 amide bonds. The summed E-state index contributed by atoms with van der Waals surface area (Å²) in [5.74, 6) is -6.50. The number of aliphatic carboxylic acids is 2. The zero-order chi connectivity index (χ0) is 29.9. The second kappa shape index (κ2) is 15.9. The molecule has 13 heteroatoms. The Hall–Kier alpha value is -3.22. The number of amides is 4. The third kappa shape index (κ3) is 11.4. The van der Waals surface area contributed by atoms with Crippen LogP contribution >= 0.6 is 0 Å². The van der Waals surface area contributed by atoms with Crippen molar-refractivity contribution in [3.63, 3.8) is 0 Å². The van der Waals surface area contributed by atoms with Gasteiger partial charge in [-0.25, -0.2) is 4.79 Å². The maximum atomic E-state index is 13.2. The highest BCUT2D eigenvalue weighted by Crippen LogP contribution is 2.10. The van der Waals surface area contributed by atoms with Crippen LogP contribution in [0.3, 0.4) is 0 Å². The van der Waals surface area contributed by atoms with Crippen LogP contribution in [0.4, 0.5) is 0 Å². The van der Waals surface area contributed by atoms with Crippen molar-refractivity contribution in [2.45, 2.75) is 98.4 Å². The van der Waals surface area contributed by atoms with Crippen molar-refractivity contribution >= 4 is 35.6 Å². The number of nitrogens with one attached hydrogen (secondary N) is 4. The Morgan fingerprint density at radius 2 is 0.921 bits per heavy atom. The number of hydrogen-bond acceptors (Lipinski definition) is 7. The fraction of sp³-hybridized carbons (Fsp3) is 0.760. The van der Waals surface area contributed by atoms with E-state index in [1.807, 2.05) is 0 Å². The van der Waals surface area contributed by atoms with Crippen molar-refractivity contribution < 1.29 is 39.0 Å². The smallest absolute Gasteiger partial charge is 0.326 e. The van der Waals surface area contributed by atoms with Gasteiger partial charge >= 0.3 is 11.9 Å². The number of carbonyl (C=O) groups excluding carboxylic acids is 4. The van der Waals surface area contributed by atoms with Gasteiger partial charge in [0.15, 0.2) is 0 Å². The van der Waals surface area contributed by atoms with E-state index >= 15 is 0 Å². The molecule has 38 heavy (non-hydrogen) atoms. The Kier molecular flexibility index (Phi) is 14.6. The van der Waals surface area contributed by atoms with E-state index in [1.54, 1.807) is 55.4 Å². The fourth-order valence-corrected chi connectivity index (χ4v) is 3.43. The van der Waals surface area contributed by atoms with Crippen LogP contribution < -0.4 is 27.0 Å². The van der Waals surface area contributed by atoms with Gasteiger partial charge in [-0.1, -0.05) is 55.4 Å². The molecule has 0 aromatic rings. The van der Waals surface area contributed by atoms with Crippen LogP contribution in [-0.2, 0) is 28.8 Å². The third-order valence-electron chi connectivity index (χ3n) is 6.02. The summed E-state index contributed by atoms with van der Waals surface area (Å²) < 4.78 is 0. The van der Waals surface area contributed by atoms with Crippen molar-refractivity contribution in [2.75, 3.05) is 0 Å². The largest absolute Gasteiger partial charge is 0.481 e. The molecule has 0 radical (unpaired) electrons. The fourth-order valence-electron chi connectivity index (χ4n) is 3.43. The van der Waals surface area contributed by atoms with Gasteiger partial charge in [0.05, 0.1) is 6.04 Å². The number of carboxylic acids is 2. The first-order valence-corrected chi connectivity index (χ1v) is 12.8. The van der Waals surface area contributed by atoms with Crippen LogP contribution in [0.2, 0.25) is 0 Å². The highest BCUT2D eigenvalue weighted by atomic mass is 16.4. The summed E-state index contributed by atoms with van der Waals surface area (Å²) in [5, 5.41) is 28.3. The van der Waals surface area contributed by atoms with Gasteiger partial charge in [-0.05, 0) is 30.1 Å². The second-order valence-corrected chi connectivity index (χ2v) is 10.8. The number of hydrogen-bond donors (Lipinski definition) is 7. The first-order valence-electron chi connectivity index (χ1n) is 12.8. The zero-order valence-corrected chi connectivity index (χ0v) is 23.5. The molecule has 0 rings (SSSR count). The van der Waals surface area contributed by atoms with Gasteiger partial charge in [0.1, 0.15) is 24.2 Å². The van der Waals surface area contributed by atoms with E-state index in [2.05, 4.69) is 21.3 Å². The molecule has 0 aliphatic heterocycles. The van der Waals surface area contributed by atoms with E-state index in [1.165, 1.54) is 0 Å². The minimum absolute atomic E-state index is 0.149. The molecule has 0 aromatic heterocycles. The van der Waals surface area contributed by atoms with Gasteiger partial charge in [0.25, 0.3) is 0 Å². The molecule has 0 bridgehead atoms. The van der Waals surface area contributed by atoms with E-state index in [4.69, 9.17) is 10.8 Å². The van der Waals surface area contributed by atoms with E-state index in [0.717, 1.165) is 0 Å². The lowest BCUT2D eigenvalue weighted by Crippen LogP contribution is -2.61. The average molecular weight is 544 g/mol. The topological polar surface area (TPSA) is 217 Å². The summed E-state index contributed by atoms with van der Waals surface area (Å²) in [7, 11) is 0. The van der Waals surface area contributed by atoms with Crippen LogP contribution in [0, 0.1) is 23.7 Å². The van der Waals surface area contributed by atoms with Crippen molar-refractivity contribution in [3.05, 3.63) is 0 Å². The Morgan fingerprint density at radius 3 is 1.21 bits per heavy atom. The molecule has 0 aromatic carbocycles. The SMILES string of the molecule is CC(C)C(N)C(=O)NC(C(=O)NC(C(=O)NC(C(=O)NC(CCC(=O)O)C(=O)O)C(C)C)C(C)C)C(C)C. The van der Waals surface area contributed by atoms with Gasteiger partial charge in [0, 0.05) is 6.42 Å². The normalized spacial score (nSPS) is 15.4. The van der Waals surface area contributed by atoms with E-state index < -0.39 is 84.0 Å². The van der Waals surface area contributed by atoms with Crippen LogP contribution in [0.5, 0.6) is 0 Å². The molecule has 0 spiro atoms. The van der Waals surface area contributed by atoms with Crippen molar-refractivity contribution in [2.24, 2.45) is 29.4 Å². The van der Waals surface area contributed by atoms with Gasteiger partial charge in [-0.3, -0.25) is 24.0 Å². The quantitative estimate of drug-likeness (QED) is 0.137. The van der Waals surface area contributed by atoms with Crippen LogP contribution in [0.1, 0.15) is 68.2 Å². The highest BCUT2D eigenvalue weighted by molar-refractivity contribution is 5.95. The summed E-state index contributed by atoms with van der Waals surface area (Å²) >= 11 is 0. The maximum Gasteiger partial charge on any atom is 0.326 e. The first kappa shape index (κ1) is 34.8. The number of carbonyl (C=O) groups is 6. The molecular formula is C25H45N5O8. The Labute approximate surface area is 224 Å². The monoisotopic (exact) mass is 543 g/mol. The molecule has 0 saturated carbocycles. The van der Waals surface area contributed by atoms with E-state index in [-0.39, 0.29) is 18.3 Å². The number of rotatable bonds is 16. The maximum absolute atomic E-state index is 13.2. The summed E-state index contributed by atoms with van der Waals surface area (Å²) in [6.07, 6.45) is -0.796. The van der Waals surface area contributed by atoms with Crippen molar-refractivity contribution in [1.82, 2.24) is 21.3 Å². The molecule has 8 N–H and O–H groups in total. The summed E-state index contributed by atoms with van der Waals surface area (Å²) in [5.41, 5.74) is 5.89. The van der Waals surface area contributed by atoms with E-state index in [0.29, 0.717) is 0 Å². The van der Waals surface area contributed by atoms with Gasteiger partial charge in [0.2, 0.25) is 23.6 Å². The molecular weight excluding hydrogens is 498 g/mol. The van der Waals surface area contributed by atoms with Gasteiger partial charge in [-0.15, -0.1) is 0 Å². The highest BCUT2D eigenvalue weighted by Gasteiger charge is 2.35. The molecule has 0 heterocycles. The van der Waals surface area contributed by atoms with E-state index in [9.17, 15) is 33.9 Å². The molecule has 0 aliphatic rings. The molecule has 5 atom stereocenters.